The van der Waals surface area contributed by atoms with Crippen molar-refractivity contribution in [1.82, 2.24) is 4.98 Å². The van der Waals surface area contributed by atoms with Crippen molar-refractivity contribution in [2.45, 2.75) is 12.8 Å². The summed E-state index contributed by atoms with van der Waals surface area (Å²) in [6, 6.07) is 0.394. The molecular formula is C9H6F5NO4. The van der Waals surface area contributed by atoms with Crippen LogP contribution >= 0.6 is 0 Å². The van der Waals surface area contributed by atoms with Crippen molar-refractivity contribution in [3.8, 4) is 11.5 Å². The van der Waals surface area contributed by atoms with Crippen LogP contribution in [0, 0.1) is 0 Å². The van der Waals surface area contributed by atoms with Crippen LogP contribution in [0.25, 0.3) is 0 Å². The van der Waals surface area contributed by atoms with Gasteiger partial charge in [0.05, 0.1) is 7.11 Å². The highest BCUT2D eigenvalue weighted by molar-refractivity contribution is 5.89. The Morgan fingerprint density at radius 3 is 2.32 bits per heavy atom. The Kier molecular flexibility index (Phi) is 4.12. The Morgan fingerprint density at radius 1 is 1.37 bits per heavy atom. The van der Waals surface area contributed by atoms with E-state index in [-0.39, 0.29) is 0 Å². The van der Waals surface area contributed by atoms with Crippen molar-refractivity contribution in [2.24, 2.45) is 0 Å². The van der Waals surface area contributed by atoms with Crippen LogP contribution in [0.3, 0.4) is 0 Å². The van der Waals surface area contributed by atoms with Gasteiger partial charge < -0.3 is 14.6 Å². The molecule has 0 atom stereocenters. The van der Waals surface area contributed by atoms with E-state index in [2.05, 4.69) is 14.5 Å². The van der Waals surface area contributed by atoms with E-state index in [1.165, 1.54) is 0 Å². The number of pyridine rings is 1. The molecule has 10 heteroatoms. The third-order valence-corrected chi connectivity index (χ3v) is 1.84. The first-order valence-corrected chi connectivity index (χ1v) is 4.51. The molecule has 0 aliphatic carbocycles. The number of halogens is 5. The van der Waals surface area contributed by atoms with E-state index >= 15 is 0 Å². The highest BCUT2D eigenvalue weighted by atomic mass is 19.4. The second kappa shape index (κ2) is 5.24. The highest BCUT2D eigenvalue weighted by Gasteiger charge is 2.35. The molecule has 0 spiro atoms. The van der Waals surface area contributed by atoms with Gasteiger partial charge in [0, 0.05) is 6.07 Å². The van der Waals surface area contributed by atoms with E-state index in [1.54, 1.807) is 0 Å². The molecule has 19 heavy (non-hydrogen) atoms. The number of carboxylic acids is 1. The number of aromatic nitrogens is 1. The topological polar surface area (TPSA) is 68.7 Å². The van der Waals surface area contributed by atoms with Crippen LogP contribution in [-0.2, 0) is 0 Å². The van der Waals surface area contributed by atoms with Gasteiger partial charge in [-0.25, -0.2) is 18.6 Å². The number of carbonyl (C=O) groups is 1. The van der Waals surface area contributed by atoms with Crippen LogP contribution < -0.4 is 9.47 Å². The highest BCUT2D eigenvalue weighted by Crippen LogP contribution is 2.34. The summed E-state index contributed by atoms with van der Waals surface area (Å²) in [6.45, 7) is 0. The summed E-state index contributed by atoms with van der Waals surface area (Å²) in [5.41, 5.74) is -2.37. The van der Waals surface area contributed by atoms with E-state index in [1.807, 2.05) is 0 Å². The predicted octanol–water partition coefficient (Wildman–Crippen LogP) is 2.62. The molecule has 1 aromatic heterocycles. The van der Waals surface area contributed by atoms with E-state index in [4.69, 9.17) is 5.11 Å². The molecule has 0 aliphatic rings. The van der Waals surface area contributed by atoms with Crippen LogP contribution in [0.5, 0.6) is 11.5 Å². The van der Waals surface area contributed by atoms with Gasteiger partial charge in [0.1, 0.15) is 11.4 Å². The predicted molar refractivity (Wildman–Crippen MR) is 49.4 cm³/mol. The monoisotopic (exact) mass is 287 g/mol. The Hall–Kier alpha value is -2.13. The molecule has 0 saturated carbocycles. The summed E-state index contributed by atoms with van der Waals surface area (Å²) < 4.78 is 69.0. The lowest BCUT2D eigenvalue weighted by atomic mass is 10.2. The maximum Gasteiger partial charge on any atom is 0.573 e. The molecular weight excluding hydrogens is 281 g/mol. The van der Waals surface area contributed by atoms with E-state index in [0.29, 0.717) is 6.07 Å². The minimum atomic E-state index is -5.19. The largest absolute Gasteiger partial charge is 0.573 e. The number of ether oxygens (including phenoxy) is 2. The summed E-state index contributed by atoms with van der Waals surface area (Å²) in [5, 5.41) is 8.64. The zero-order valence-corrected chi connectivity index (χ0v) is 9.16. The fraction of sp³-hybridized carbons (Fsp3) is 0.333. The maximum atomic E-state index is 12.5. The Balaban J connectivity index is 3.40. The molecule has 5 nitrogen and oxygen atoms in total. The van der Waals surface area contributed by atoms with Crippen LogP contribution in [0.1, 0.15) is 22.6 Å². The van der Waals surface area contributed by atoms with Crippen molar-refractivity contribution < 1.29 is 41.3 Å². The van der Waals surface area contributed by atoms with E-state index in [9.17, 15) is 26.7 Å². The number of hydrogen-bond donors (Lipinski definition) is 1. The smallest absolute Gasteiger partial charge is 0.494 e. The molecule has 0 saturated heterocycles. The second-order valence-electron chi connectivity index (χ2n) is 3.08. The standard InChI is InChI=1S/C9H6F5NO4/c1-18-3-2-4(19-9(12,13)14)6(8(16)17)15-5(3)7(10)11/h2,7H,1H3,(H,16,17). The molecule has 1 rings (SSSR count). The van der Waals surface area contributed by atoms with Crippen molar-refractivity contribution in [3.05, 3.63) is 17.5 Å². The summed E-state index contributed by atoms with van der Waals surface area (Å²) in [6.07, 6.45) is -8.41. The number of alkyl halides is 5. The molecule has 0 radical (unpaired) electrons. The first kappa shape index (κ1) is 14.9. The molecule has 0 bridgehead atoms. The summed E-state index contributed by atoms with van der Waals surface area (Å²) in [5.74, 6) is -3.88. The number of rotatable bonds is 4. The molecule has 1 aromatic rings. The van der Waals surface area contributed by atoms with E-state index < -0.39 is 41.6 Å². The normalized spacial score (nSPS) is 11.5. The van der Waals surface area contributed by atoms with Crippen LogP contribution in [-0.4, -0.2) is 29.5 Å². The fourth-order valence-electron chi connectivity index (χ4n) is 1.17. The van der Waals surface area contributed by atoms with Crippen molar-refractivity contribution in [1.29, 1.82) is 0 Å². The van der Waals surface area contributed by atoms with Gasteiger partial charge in [0.25, 0.3) is 6.43 Å². The van der Waals surface area contributed by atoms with Crippen molar-refractivity contribution in [3.63, 3.8) is 0 Å². The zero-order valence-electron chi connectivity index (χ0n) is 9.16. The lowest BCUT2D eigenvalue weighted by Crippen LogP contribution is -2.20. The average molecular weight is 287 g/mol. The van der Waals surface area contributed by atoms with E-state index in [0.717, 1.165) is 7.11 Å². The molecule has 0 aliphatic heterocycles. The minimum Gasteiger partial charge on any atom is -0.494 e. The van der Waals surface area contributed by atoms with Gasteiger partial charge >= 0.3 is 12.3 Å². The number of methoxy groups -OCH3 is 1. The first-order valence-electron chi connectivity index (χ1n) is 4.51. The first-order chi connectivity index (χ1) is 8.65. The van der Waals surface area contributed by atoms with Gasteiger partial charge in [0.2, 0.25) is 0 Å². The van der Waals surface area contributed by atoms with Gasteiger partial charge in [-0.2, -0.15) is 0 Å². The molecule has 1 N–H and O–H groups in total. The SMILES string of the molecule is COc1cc(OC(F)(F)F)c(C(=O)O)nc1C(F)F. The Labute approximate surface area is 102 Å². The van der Waals surface area contributed by atoms with Crippen LogP contribution in [0.15, 0.2) is 6.07 Å². The summed E-state index contributed by atoms with van der Waals surface area (Å²) in [4.78, 5) is 13.6. The van der Waals surface area contributed by atoms with Crippen molar-refractivity contribution >= 4 is 5.97 Å². The van der Waals surface area contributed by atoms with Crippen molar-refractivity contribution in [2.75, 3.05) is 7.11 Å². The number of nitrogens with zero attached hydrogens (tertiary/aromatic N) is 1. The zero-order chi connectivity index (χ0) is 14.8. The molecule has 0 amide bonds. The fourth-order valence-corrected chi connectivity index (χ4v) is 1.17. The van der Waals surface area contributed by atoms with Gasteiger partial charge in [-0.1, -0.05) is 0 Å². The second-order valence-corrected chi connectivity index (χ2v) is 3.08. The summed E-state index contributed by atoms with van der Waals surface area (Å²) in [7, 11) is 0.917. The lowest BCUT2D eigenvalue weighted by molar-refractivity contribution is -0.274. The molecule has 0 unspecified atom stereocenters. The van der Waals surface area contributed by atoms with Gasteiger partial charge in [-0.05, 0) is 0 Å². The Bertz CT molecular complexity index is 488. The Morgan fingerprint density at radius 2 is 1.95 bits per heavy atom. The lowest BCUT2D eigenvalue weighted by Gasteiger charge is -2.14. The molecule has 0 fully saturated rings. The minimum absolute atomic E-state index is 0.394. The number of hydrogen-bond acceptors (Lipinski definition) is 4. The average Bonchev–Trinajstić information content (AvgIpc) is 2.25. The molecule has 1 heterocycles. The van der Waals surface area contributed by atoms with Crippen LogP contribution in [0.4, 0.5) is 22.0 Å². The van der Waals surface area contributed by atoms with Gasteiger partial charge in [-0.3, -0.25) is 0 Å². The van der Waals surface area contributed by atoms with Gasteiger partial charge in [-0.15, -0.1) is 13.2 Å². The number of aromatic carboxylic acids is 1. The van der Waals surface area contributed by atoms with Gasteiger partial charge in [0.15, 0.2) is 11.4 Å². The quantitative estimate of drug-likeness (QED) is 0.862. The summed E-state index contributed by atoms with van der Waals surface area (Å²) >= 11 is 0. The third kappa shape index (κ3) is 3.66. The van der Waals surface area contributed by atoms with Crippen LogP contribution in [0.2, 0.25) is 0 Å². The maximum absolute atomic E-state index is 12.5. The number of carboxylic acid groups (broad SMARTS) is 1. The molecule has 106 valence electrons. The third-order valence-electron chi connectivity index (χ3n) is 1.84. The molecule has 0 aromatic carbocycles.